The molecule has 38 heavy (non-hydrogen) atoms. The number of alkyl halides is 3. The van der Waals surface area contributed by atoms with E-state index in [4.69, 9.17) is 0 Å². The lowest BCUT2D eigenvalue weighted by Crippen LogP contribution is -2.43. The van der Waals surface area contributed by atoms with Gasteiger partial charge >= 0.3 is 6.18 Å². The van der Waals surface area contributed by atoms with E-state index in [2.05, 4.69) is 46.3 Å². The van der Waals surface area contributed by atoms with Crippen molar-refractivity contribution in [2.75, 3.05) is 56.0 Å². The number of nitro groups is 1. The maximum Gasteiger partial charge on any atom is 0.423 e. The molecule has 206 valence electrons. The number of carbonyl (C=O) groups excluding carboxylic acids is 1. The van der Waals surface area contributed by atoms with E-state index in [-0.39, 0.29) is 17.6 Å². The van der Waals surface area contributed by atoms with Gasteiger partial charge in [0.25, 0.3) is 5.69 Å². The maximum atomic E-state index is 13.3. The van der Waals surface area contributed by atoms with Crippen molar-refractivity contribution in [1.29, 1.82) is 0 Å². The molecule has 0 saturated carbocycles. The fourth-order valence-corrected chi connectivity index (χ4v) is 5.14. The Labute approximate surface area is 220 Å². The van der Waals surface area contributed by atoms with E-state index in [9.17, 15) is 28.1 Å². The Bertz CT molecular complexity index is 1120. The summed E-state index contributed by atoms with van der Waals surface area (Å²) in [5.74, 6) is 0.0952. The summed E-state index contributed by atoms with van der Waals surface area (Å²) in [4.78, 5) is 29.3. The second kappa shape index (κ2) is 12.0. The highest BCUT2D eigenvalue weighted by Crippen LogP contribution is 2.38. The molecule has 2 aliphatic rings. The number of likely N-dealkylation sites (tertiary alicyclic amines) is 1. The standard InChI is InChI=1S/C27H34F3N5O3/c1-20-3-6-23(7-4-20)33-13-2-12-32(17-18-33)14-11-26(36)34-15-9-21(10-16-34)31-22-5-8-25(35(37)38)24(19-22)27(28,29)30/h3-8,19,21,31H,2,9-18H2,1H3. The first kappa shape index (κ1) is 27.7. The number of aryl methyl sites for hydroxylation is 1. The van der Waals surface area contributed by atoms with Crippen LogP contribution in [0.1, 0.15) is 36.8 Å². The Morgan fingerprint density at radius 1 is 1.03 bits per heavy atom. The number of hydrogen-bond donors (Lipinski definition) is 1. The van der Waals surface area contributed by atoms with Crippen LogP contribution in [0.5, 0.6) is 0 Å². The van der Waals surface area contributed by atoms with E-state index in [1.807, 2.05) is 4.90 Å². The highest BCUT2D eigenvalue weighted by Gasteiger charge is 2.38. The summed E-state index contributed by atoms with van der Waals surface area (Å²) in [7, 11) is 0. The van der Waals surface area contributed by atoms with Crippen molar-refractivity contribution in [2.24, 2.45) is 0 Å². The van der Waals surface area contributed by atoms with E-state index in [1.165, 1.54) is 17.3 Å². The molecule has 2 aliphatic heterocycles. The number of nitro benzene ring substituents is 1. The van der Waals surface area contributed by atoms with Gasteiger partial charge in [0.15, 0.2) is 0 Å². The van der Waals surface area contributed by atoms with Crippen LogP contribution < -0.4 is 10.2 Å². The average Bonchev–Trinajstić information content (AvgIpc) is 3.13. The molecule has 0 atom stereocenters. The summed E-state index contributed by atoms with van der Waals surface area (Å²) >= 11 is 0. The third-order valence-electron chi connectivity index (χ3n) is 7.35. The van der Waals surface area contributed by atoms with Crippen molar-refractivity contribution in [2.45, 2.75) is 44.8 Å². The lowest BCUT2D eigenvalue weighted by atomic mass is 10.0. The van der Waals surface area contributed by atoms with Crippen LogP contribution in [-0.4, -0.2) is 72.5 Å². The van der Waals surface area contributed by atoms with Gasteiger partial charge in [0.1, 0.15) is 5.56 Å². The minimum absolute atomic E-state index is 0.0952. The smallest absolute Gasteiger partial charge is 0.382 e. The summed E-state index contributed by atoms with van der Waals surface area (Å²) in [6, 6.07) is 11.4. The van der Waals surface area contributed by atoms with Crippen molar-refractivity contribution >= 4 is 23.0 Å². The molecule has 8 nitrogen and oxygen atoms in total. The van der Waals surface area contributed by atoms with Crippen molar-refractivity contribution in [3.05, 3.63) is 63.7 Å². The third-order valence-corrected chi connectivity index (χ3v) is 7.35. The summed E-state index contributed by atoms with van der Waals surface area (Å²) < 4.78 is 39.8. The first-order chi connectivity index (χ1) is 18.1. The Kier molecular flexibility index (Phi) is 8.76. The molecule has 0 aromatic heterocycles. The number of anilines is 2. The number of hydrogen-bond acceptors (Lipinski definition) is 6. The predicted octanol–water partition coefficient (Wildman–Crippen LogP) is 4.93. The van der Waals surface area contributed by atoms with Gasteiger partial charge in [-0.3, -0.25) is 14.9 Å². The van der Waals surface area contributed by atoms with Gasteiger partial charge in [0, 0.05) is 69.2 Å². The molecule has 0 aliphatic carbocycles. The van der Waals surface area contributed by atoms with Gasteiger partial charge in [-0.1, -0.05) is 17.7 Å². The zero-order valence-corrected chi connectivity index (χ0v) is 21.5. The second-order valence-electron chi connectivity index (χ2n) is 10.1. The normalized spacial score (nSPS) is 17.8. The van der Waals surface area contributed by atoms with Crippen molar-refractivity contribution in [1.82, 2.24) is 9.80 Å². The predicted molar refractivity (Wildman–Crippen MR) is 140 cm³/mol. The highest BCUT2D eigenvalue weighted by atomic mass is 19.4. The largest absolute Gasteiger partial charge is 0.423 e. The van der Waals surface area contributed by atoms with Gasteiger partial charge in [0.2, 0.25) is 5.91 Å². The fourth-order valence-electron chi connectivity index (χ4n) is 5.14. The topological polar surface area (TPSA) is 82.0 Å². The number of carbonyl (C=O) groups is 1. The number of benzene rings is 2. The minimum Gasteiger partial charge on any atom is -0.382 e. The lowest BCUT2D eigenvalue weighted by molar-refractivity contribution is -0.388. The summed E-state index contributed by atoms with van der Waals surface area (Å²) in [6.45, 7) is 7.62. The van der Waals surface area contributed by atoms with Gasteiger partial charge in [-0.15, -0.1) is 0 Å². The van der Waals surface area contributed by atoms with Gasteiger partial charge in [-0.2, -0.15) is 13.2 Å². The summed E-state index contributed by atoms with van der Waals surface area (Å²) in [5.41, 5.74) is 0.429. The quantitative estimate of drug-likeness (QED) is 0.402. The van der Waals surface area contributed by atoms with Crippen molar-refractivity contribution in [3.63, 3.8) is 0 Å². The van der Waals surface area contributed by atoms with Gasteiger partial charge in [-0.25, -0.2) is 0 Å². The molecule has 0 radical (unpaired) electrons. The van der Waals surface area contributed by atoms with Gasteiger partial charge in [0.05, 0.1) is 4.92 Å². The first-order valence-electron chi connectivity index (χ1n) is 13.0. The lowest BCUT2D eigenvalue weighted by Gasteiger charge is -2.33. The molecule has 0 bridgehead atoms. The van der Waals surface area contributed by atoms with Crippen LogP contribution in [-0.2, 0) is 11.0 Å². The van der Waals surface area contributed by atoms with Gasteiger partial charge < -0.3 is 20.0 Å². The molecule has 0 spiro atoms. The van der Waals surface area contributed by atoms with Crippen LogP contribution in [0.25, 0.3) is 0 Å². The third kappa shape index (κ3) is 7.15. The molecule has 2 aromatic carbocycles. The molecule has 0 unspecified atom stereocenters. The molecule has 11 heteroatoms. The van der Waals surface area contributed by atoms with E-state index in [0.29, 0.717) is 38.9 Å². The minimum atomic E-state index is -4.82. The molecule has 2 aromatic rings. The van der Waals surface area contributed by atoms with Crippen molar-refractivity contribution < 1.29 is 22.9 Å². The number of amides is 1. The molecule has 2 fully saturated rings. The first-order valence-corrected chi connectivity index (χ1v) is 13.0. The van der Waals surface area contributed by atoms with E-state index < -0.39 is 22.4 Å². The highest BCUT2D eigenvalue weighted by molar-refractivity contribution is 5.76. The maximum absolute atomic E-state index is 13.3. The summed E-state index contributed by atoms with van der Waals surface area (Å²) in [6.07, 6.45) is -2.14. The zero-order chi connectivity index (χ0) is 27.3. The van der Waals surface area contributed by atoms with Gasteiger partial charge in [-0.05, 0) is 57.0 Å². The zero-order valence-electron chi connectivity index (χ0n) is 21.5. The Morgan fingerprint density at radius 3 is 2.39 bits per heavy atom. The number of rotatable bonds is 7. The van der Waals surface area contributed by atoms with Crippen LogP contribution in [0.3, 0.4) is 0 Å². The summed E-state index contributed by atoms with van der Waals surface area (Å²) in [5, 5.41) is 14.0. The monoisotopic (exact) mass is 533 g/mol. The number of nitrogens with zero attached hydrogens (tertiary/aromatic N) is 4. The van der Waals surface area contributed by atoms with E-state index in [1.54, 1.807) is 0 Å². The van der Waals surface area contributed by atoms with E-state index >= 15 is 0 Å². The molecular weight excluding hydrogens is 499 g/mol. The van der Waals surface area contributed by atoms with Crippen LogP contribution in [0.2, 0.25) is 0 Å². The number of nitrogens with one attached hydrogen (secondary N) is 1. The molecule has 2 heterocycles. The Morgan fingerprint density at radius 2 is 1.74 bits per heavy atom. The second-order valence-corrected chi connectivity index (χ2v) is 10.1. The van der Waals surface area contributed by atoms with Crippen LogP contribution in [0.4, 0.5) is 30.2 Å². The molecule has 2 saturated heterocycles. The molecular formula is C27H34F3N5O3. The number of piperidine rings is 1. The fraction of sp³-hybridized carbons (Fsp3) is 0.519. The molecule has 4 rings (SSSR count). The van der Waals surface area contributed by atoms with Crippen LogP contribution in [0.15, 0.2) is 42.5 Å². The molecule has 1 N–H and O–H groups in total. The molecule has 1 amide bonds. The SMILES string of the molecule is Cc1ccc(N2CCCN(CCC(=O)N3CCC(Nc4ccc([N+](=O)[O-])c(C(F)(F)F)c4)CC3)CC2)cc1. The number of halogens is 3. The van der Waals surface area contributed by atoms with Crippen LogP contribution >= 0.6 is 0 Å². The average molecular weight is 534 g/mol. The van der Waals surface area contributed by atoms with Crippen LogP contribution in [0, 0.1) is 17.0 Å². The van der Waals surface area contributed by atoms with Crippen molar-refractivity contribution in [3.8, 4) is 0 Å². The Hall–Kier alpha value is -3.34. The van der Waals surface area contributed by atoms with E-state index in [0.717, 1.165) is 44.7 Å². The Balaban J connectivity index is 1.22.